The lowest BCUT2D eigenvalue weighted by atomic mass is 9.87. The van der Waals surface area contributed by atoms with Gasteiger partial charge in [-0.25, -0.2) is 0 Å². The highest BCUT2D eigenvalue weighted by Crippen LogP contribution is 2.24. The summed E-state index contributed by atoms with van der Waals surface area (Å²) in [5, 5.41) is 0. The van der Waals surface area contributed by atoms with Gasteiger partial charge in [-0.15, -0.1) is 0 Å². The molecule has 0 heterocycles. The van der Waals surface area contributed by atoms with Crippen LogP contribution in [0.4, 0.5) is 0 Å². The van der Waals surface area contributed by atoms with E-state index >= 15 is 0 Å². The van der Waals surface area contributed by atoms with Crippen molar-refractivity contribution in [2.45, 2.75) is 60.3 Å². The summed E-state index contributed by atoms with van der Waals surface area (Å²) in [4.78, 5) is 24.5. The Morgan fingerprint density at radius 2 is 1.66 bits per heavy atom. The molecule has 0 spiro atoms. The van der Waals surface area contributed by atoms with Gasteiger partial charge in [-0.05, 0) is 67.5 Å². The molecule has 6 heteroatoms. The van der Waals surface area contributed by atoms with Gasteiger partial charge in [0.05, 0.1) is 6.61 Å². The molecule has 6 nitrogen and oxygen atoms in total. The third kappa shape index (κ3) is 7.91. The lowest BCUT2D eigenvalue weighted by Crippen LogP contribution is -2.48. The van der Waals surface area contributed by atoms with Crippen molar-refractivity contribution in [2.75, 3.05) is 13.2 Å². The largest absolute Gasteiger partial charge is 0.493 e. The van der Waals surface area contributed by atoms with E-state index in [0.29, 0.717) is 24.7 Å². The van der Waals surface area contributed by atoms with Gasteiger partial charge in [-0.3, -0.25) is 20.4 Å². The molecule has 2 aromatic carbocycles. The number of hydrogen-bond acceptors (Lipinski definition) is 4. The molecule has 0 saturated carbocycles. The van der Waals surface area contributed by atoms with E-state index in [-0.39, 0.29) is 12.5 Å². The van der Waals surface area contributed by atoms with Crippen molar-refractivity contribution in [3.05, 3.63) is 59.2 Å². The summed E-state index contributed by atoms with van der Waals surface area (Å²) < 4.78 is 11.3. The van der Waals surface area contributed by atoms with Crippen LogP contribution in [-0.2, 0) is 9.59 Å². The van der Waals surface area contributed by atoms with Crippen molar-refractivity contribution in [3.63, 3.8) is 0 Å². The van der Waals surface area contributed by atoms with E-state index in [0.717, 1.165) is 23.3 Å². The summed E-state index contributed by atoms with van der Waals surface area (Å²) in [5.41, 5.74) is 7.72. The smallest absolute Gasteiger partial charge is 0.276 e. The van der Waals surface area contributed by atoms with Crippen molar-refractivity contribution >= 4 is 11.8 Å². The lowest BCUT2D eigenvalue weighted by Gasteiger charge is -2.23. The van der Waals surface area contributed by atoms with Crippen LogP contribution in [0, 0.1) is 19.3 Å². The topological polar surface area (TPSA) is 76.7 Å². The summed E-state index contributed by atoms with van der Waals surface area (Å²) in [6.07, 6.45) is 1.34. The molecular formula is C26H36N2O4. The number of benzene rings is 2. The summed E-state index contributed by atoms with van der Waals surface area (Å²) in [6.45, 7) is 12.3. The molecule has 0 aliphatic carbocycles. The van der Waals surface area contributed by atoms with E-state index in [1.54, 1.807) is 0 Å². The van der Waals surface area contributed by atoms with Gasteiger partial charge in [-0.1, -0.05) is 52.0 Å². The van der Waals surface area contributed by atoms with E-state index in [2.05, 4.69) is 30.8 Å². The Labute approximate surface area is 191 Å². The van der Waals surface area contributed by atoms with Crippen molar-refractivity contribution in [1.29, 1.82) is 0 Å². The Hall–Kier alpha value is -3.02. The van der Waals surface area contributed by atoms with Crippen molar-refractivity contribution in [3.8, 4) is 11.5 Å². The molecule has 2 aromatic rings. The van der Waals surface area contributed by atoms with Crippen LogP contribution >= 0.6 is 0 Å². The maximum absolute atomic E-state index is 12.5. The number of carbonyl (C=O) groups excluding carboxylic acids is 2. The van der Waals surface area contributed by atoms with Crippen LogP contribution < -0.4 is 20.3 Å². The molecule has 0 unspecified atom stereocenters. The number of hydrazine groups is 1. The van der Waals surface area contributed by atoms with Crippen LogP contribution in [0.3, 0.4) is 0 Å². The van der Waals surface area contributed by atoms with E-state index in [1.807, 2.05) is 64.1 Å². The van der Waals surface area contributed by atoms with Crippen LogP contribution in [0.15, 0.2) is 42.5 Å². The fraction of sp³-hybridized carbons (Fsp3) is 0.462. The van der Waals surface area contributed by atoms with Crippen LogP contribution in [0.5, 0.6) is 11.5 Å². The first-order valence-corrected chi connectivity index (χ1v) is 11.1. The Kier molecular flexibility index (Phi) is 9.12. The lowest BCUT2D eigenvalue weighted by molar-refractivity contribution is -0.135. The highest BCUT2D eigenvalue weighted by Gasteiger charge is 2.27. The minimum absolute atomic E-state index is 0.175. The summed E-state index contributed by atoms with van der Waals surface area (Å²) in [7, 11) is 0. The highest BCUT2D eigenvalue weighted by atomic mass is 16.5. The molecule has 0 aliphatic heterocycles. The second kappa shape index (κ2) is 11.6. The van der Waals surface area contributed by atoms with Crippen LogP contribution in [-0.4, -0.2) is 25.0 Å². The maximum atomic E-state index is 12.5. The zero-order chi connectivity index (χ0) is 23.7. The first-order chi connectivity index (χ1) is 15.1. The van der Waals surface area contributed by atoms with Crippen molar-refractivity contribution in [2.24, 2.45) is 5.41 Å². The van der Waals surface area contributed by atoms with Gasteiger partial charge in [0.2, 0.25) is 5.91 Å². The van der Waals surface area contributed by atoms with Crippen LogP contribution in [0.2, 0.25) is 0 Å². The predicted molar refractivity (Wildman–Crippen MR) is 127 cm³/mol. The van der Waals surface area contributed by atoms with Crippen LogP contribution in [0.25, 0.3) is 0 Å². The van der Waals surface area contributed by atoms with Gasteiger partial charge < -0.3 is 9.47 Å². The fourth-order valence-corrected chi connectivity index (χ4v) is 3.10. The minimum Gasteiger partial charge on any atom is -0.493 e. The molecule has 0 aliphatic rings. The zero-order valence-corrected chi connectivity index (χ0v) is 20.1. The molecule has 32 heavy (non-hydrogen) atoms. The Morgan fingerprint density at radius 3 is 2.31 bits per heavy atom. The number of nitrogens with one attached hydrogen (secondary N) is 2. The summed E-state index contributed by atoms with van der Waals surface area (Å²) in [6, 6.07) is 13.7. The average molecular weight is 441 g/mol. The van der Waals surface area contributed by atoms with Gasteiger partial charge in [0.25, 0.3) is 5.91 Å². The molecule has 0 radical (unpaired) electrons. The zero-order valence-electron chi connectivity index (χ0n) is 20.1. The first kappa shape index (κ1) is 25.2. The standard InChI is InChI=1S/C26H36N2O4/c1-18(2)21-10-12-22(13-11-21)32-17-24(29)27-28-25(30)26(5,6)14-7-15-31-23-16-19(3)8-9-20(23)4/h8-13,16,18H,7,14-15,17H2,1-6H3,(H,27,29)(H,28,30). The van der Waals surface area contributed by atoms with Crippen LogP contribution in [0.1, 0.15) is 63.1 Å². The number of ether oxygens (including phenoxy) is 2. The van der Waals surface area contributed by atoms with E-state index < -0.39 is 11.3 Å². The van der Waals surface area contributed by atoms with E-state index in [1.165, 1.54) is 5.56 Å². The third-order valence-corrected chi connectivity index (χ3v) is 5.39. The molecule has 0 bridgehead atoms. The molecule has 2 amide bonds. The molecule has 2 N–H and O–H groups in total. The highest BCUT2D eigenvalue weighted by molar-refractivity contribution is 5.85. The first-order valence-electron chi connectivity index (χ1n) is 11.1. The fourth-order valence-electron chi connectivity index (χ4n) is 3.10. The summed E-state index contributed by atoms with van der Waals surface area (Å²) >= 11 is 0. The Balaban J connectivity index is 1.69. The predicted octanol–water partition coefficient (Wildman–Crippen LogP) is 4.84. The Morgan fingerprint density at radius 1 is 0.969 bits per heavy atom. The second-order valence-electron chi connectivity index (χ2n) is 9.12. The monoisotopic (exact) mass is 440 g/mol. The molecule has 2 rings (SSSR count). The second-order valence-corrected chi connectivity index (χ2v) is 9.12. The minimum atomic E-state index is -0.647. The molecule has 0 fully saturated rings. The number of amides is 2. The number of aryl methyl sites for hydroxylation is 2. The SMILES string of the molecule is Cc1ccc(C)c(OCCCC(C)(C)C(=O)NNC(=O)COc2ccc(C(C)C)cc2)c1. The third-order valence-electron chi connectivity index (χ3n) is 5.39. The number of carbonyl (C=O) groups is 2. The average Bonchev–Trinajstić information content (AvgIpc) is 2.76. The normalized spacial score (nSPS) is 11.2. The number of hydrogen-bond donors (Lipinski definition) is 2. The Bertz CT molecular complexity index is 905. The molecule has 0 saturated heterocycles. The van der Waals surface area contributed by atoms with E-state index in [9.17, 15) is 9.59 Å². The molecule has 0 atom stereocenters. The number of rotatable bonds is 10. The van der Waals surface area contributed by atoms with Gasteiger partial charge in [0, 0.05) is 5.41 Å². The molecule has 174 valence electrons. The van der Waals surface area contributed by atoms with Crippen molar-refractivity contribution in [1.82, 2.24) is 10.9 Å². The van der Waals surface area contributed by atoms with Gasteiger partial charge in [0.1, 0.15) is 11.5 Å². The van der Waals surface area contributed by atoms with Crippen molar-refractivity contribution < 1.29 is 19.1 Å². The molecule has 0 aromatic heterocycles. The van der Waals surface area contributed by atoms with Gasteiger partial charge in [0.15, 0.2) is 6.61 Å². The quantitative estimate of drug-likeness (QED) is 0.409. The molecular weight excluding hydrogens is 404 g/mol. The van der Waals surface area contributed by atoms with E-state index in [4.69, 9.17) is 9.47 Å². The summed E-state index contributed by atoms with van der Waals surface area (Å²) in [5.74, 6) is 1.25. The van der Waals surface area contributed by atoms with Gasteiger partial charge >= 0.3 is 0 Å². The van der Waals surface area contributed by atoms with Gasteiger partial charge in [-0.2, -0.15) is 0 Å². The maximum Gasteiger partial charge on any atom is 0.276 e.